The summed E-state index contributed by atoms with van der Waals surface area (Å²) in [5, 5.41) is 8.85. The highest BCUT2D eigenvalue weighted by atomic mass is 35.5. The monoisotopic (exact) mass is 342 g/mol. The number of carboxylic acids is 1. The number of fused-ring (bicyclic) bond motifs is 1. The minimum absolute atomic E-state index is 0.0118. The molecular formula is C14H15ClN2O4S. The predicted octanol–water partition coefficient (Wildman–Crippen LogP) is 1.92. The molecule has 0 aliphatic rings. The largest absolute Gasteiger partial charge is 0.481 e. The molecule has 1 aromatic heterocycles. The van der Waals surface area contributed by atoms with Crippen LogP contribution < -0.4 is 5.69 Å². The van der Waals surface area contributed by atoms with Crippen LogP contribution >= 0.6 is 23.4 Å². The second-order valence-electron chi connectivity index (χ2n) is 4.84. The number of thioether (sulfide) groups is 1. The molecule has 118 valence electrons. The van der Waals surface area contributed by atoms with Crippen molar-refractivity contribution in [1.29, 1.82) is 0 Å². The number of carbonyl (C=O) groups excluding carboxylic acids is 1. The topological polar surface area (TPSA) is 81.3 Å². The molecular weight excluding hydrogens is 328 g/mol. The first-order valence-electron chi connectivity index (χ1n) is 6.50. The number of Topliss-reactive ketones (excluding diaryl/α,β-unsaturated/α-hetero) is 1. The van der Waals surface area contributed by atoms with Gasteiger partial charge in [-0.2, -0.15) is 11.8 Å². The molecule has 0 aliphatic carbocycles. The number of halogens is 1. The zero-order valence-corrected chi connectivity index (χ0v) is 13.7. The van der Waals surface area contributed by atoms with Crippen LogP contribution in [-0.4, -0.2) is 37.5 Å². The molecule has 1 heterocycles. The number of hydrogen-bond donors (Lipinski definition) is 1. The van der Waals surface area contributed by atoms with Crippen LogP contribution in [0.2, 0.25) is 5.02 Å². The van der Waals surface area contributed by atoms with Crippen molar-refractivity contribution in [1.82, 2.24) is 9.13 Å². The lowest BCUT2D eigenvalue weighted by atomic mass is 10.1. The van der Waals surface area contributed by atoms with Crippen molar-refractivity contribution in [2.24, 2.45) is 14.1 Å². The number of aliphatic carboxylic acids is 1. The maximum atomic E-state index is 12.2. The zero-order valence-electron chi connectivity index (χ0n) is 12.1. The van der Waals surface area contributed by atoms with Gasteiger partial charge in [0.05, 0.1) is 28.2 Å². The molecule has 2 aromatic rings. The van der Waals surface area contributed by atoms with Crippen molar-refractivity contribution in [2.75, 3.05) is 11.5 Å². The maximum Gasteiger partial charge on any atom is 0.328 e. The van der Waals surface area contributed by atoms with Gasteiger partial charge in [-0.25, -0.2) is 4.79 Å². The number of ketones is 1. The van der Waals surface area contributed by atoms with Gasteiger partial charge in [0.2, 0.25) is 0 Å². The second kappa shape index (κ2) is 6.58. The van der Waals surface area contributed by atoms with Crippen LogP contribution in [0, 0.1) is 0 Å². The SMILES string of the molecule is Cn1c(=O)n(C)c2cc(C(=O)CSCCC(=O)O)c(Cl)cc21. The molecule has 0 saturated carbocycles. The van der Waals surface area contributed by atoms with E-state index in [4.69, 9.17) is 16.7 Å². The molecule has 0 radical (unpaired) electrons. The summed E-state index contributed by atoms with van der Waals surface area (Å²) in [5.74, 6) is -0.554. The Morgan fingerprint density at radius 3 is 2.41 bits per heavy atom. The molecule has 0 atom stereocenters. The van der Waals surface area contributed by atoms with Crippen molar-refractivity contribution in [3.8, 4) is 0 Å². The van der Waals surface area contributed by atoms with Crippen molar-refractivity contribution >= 4 is 46.1 Å². The standard InChI is InChI=1S/C14H15ClN2O4S/c1-16-10-5-8(12(18)7-22-4-3-13(19)20)9(15)6-11(10)17(2)14(16)21/h5-6H,3-4,7H2,1-2H3,(H,19,20). The van der Waals surface area contributed by atoms with E-state index in [1.807, 2.05) is 0 Å². The van der Waals surface area contributed by atoms with Crippen LogP contribution in [-0.2, 0) is 18.9 Å². The summed E-state index contributed by atoms with van der Waals surface area (Å²) in [5.41, 5.74) is 1.45. The van der Waals surface area contributed by atoms with E-state index in [2.05, 4.69) is 0 Å². The fourth-order valence-corrected chi connectivity index (χ4v) is 3.20. The normalized spacial score (nSPS) is 11.0. The van der Waals surface area contributed by atoms with Gasteiger partial charge in [-0.15, -0.1) is 0 Å². The van der Waals surface area contributed by atoms with E-state index in [-0.39, 0.29) is 28.7 Å². The molecule has 0 saturated heterocycles. The summed E-state index contributed by atoms with van der Waals surface area (Å²) in [6.07, 6.45) is 0.0118. The van der Waals surface area contributed by atoms with E-state index < -0.39 is 5.97 Å². The van der Waals surface area contributed by atoms with Crippen LogP contribution in [0.15, 0.2) is 16.9 Å². The lowest BCUT2D eigenvalue weighted by Crippen LogP contribution is -2.19. The van der Waals surface area contributed by atoms with Gasteiger partial charge in [0.25, 0.3) is 0 Å². The summed E-state index contributed by atoms with van der Waals surface area (Å²) in [6.45, 7) is 0. The highest BCUT2D eigenvalue weighted by molar-refractivity contribution is 8.00. The average Bonchev–Trinajstić information content (AvgIpc) is 2.67. The molecule has 0 fully saturated rings. The van der Waals surface area contributed by atoms with E-state index in [0.717, 1.165) is 0 Å². The van der Waals surface area contributed by atoms with Gasteiger partial charge in [0.1, 0.15) is 0 Å². The van der Waals surface area contributed by atoms with Crippen LogP contribution in [0.4, 0.5) is 0 Å². The predicted molar refractivity (Wildman–Crippen MR) is 87.1 cm³/mol. The van der Waals surface area contributed by atoms with Crippen LogP contribution in [0.5, 0.6) is 0 Å². The Hall–Kier alpha value is -1.73. The molecule has 0 aliphatic heterocycles. The van der Waals surface area contributed by atoms with Gasteiger partial charge in [0, 0.05) is 25.4 Å². The van der Waals surface area contributed by atoms with E-state index in [9.17, 15) is 14.4 Å². The summed E-state index contributed by atoms with van der Waals surface area (Å²) in [7, 11) is 3.28. The molecule has 0 bridgehead atoms. The van der Waals surface area contributed by atoms with Crippen molar-refractivity contribution in [2.45, 2.75) is 6.42 Å². The van der Waals surface area contributed by atoms with Gasteiger partial charge < -0.3 is 5.11 Å². The highest BCUT2D eigenvalue weighted by Crippen LogP contribution is 2.24. The summed E-state index contributed by atoms with van der Waals surface area (Å²) < 4.78 is 2.93. The van der Waals surface area contributed by atoms with Gasteiger partial charge >= 0.3 is 11.7 Å². The van der Waals surface area contributed by atoms with Crippen molar-refractivity contribution < 1.29 is 14.7 Å². The first kappa shape index (κ1) is 16.6. The highest BCUT2D eigenvalue weighted by Gasteiger charge is 2.16. The Bertz CT molecular complexity index is 809. The number of carbonyl (C=O) groups is 2. The molecule has 22 heavy (non-hydrogen) atoms. The fraction of sp³-hybridized carbons (Fsp3) is 0.357. The summed E-state index contributed by atoms with van der Waals surface area (Å²) >= 11 is 7.39. The van der Waals surface area contributed by atoms with Gasteiger partial charge in [-0.1, -0.05) is 11.6 Å². The summed E-state index contributed by atoms with van der Waals surface area (Å²) in [6, 6.07) is 3.21. The lowest BCUT2D eigenvalue weighted by Gasteiger charge is -2.05. The number of benzene rings is 1. The number of carboxylic acid groups (broad SMARTS) is 1. The maximum absolute atomic E-state index is 12.2. The number of nitrogens with zero attached hydrogens (tertiary/aromatic N) is 2. The minimum atomic E-state index is -0.890. The molecule has 0 unspecified atom stereocenters. The number of rotatable bonds is 6. The number of hydrogen-bond acceptors (Lipinski definition) is 4. The van der Waals surface area contributed by atoms with Gasteiger partial charge in [0.15, 0.2) is 5.78 Å². The molecule has 0 amide bonds. The number of imidazole rings is 1. The molecule has 1 aromatic carbocycles. The molecule has 8 heteroatoms. The third-order valence-corrected chi connectivity index (χ3v) is 4.63. The third-order valence-electron chi connectivity index (χ3n) is 3.35. The first-order chi connectivity index (χ1) is 10.3. The van der Waals surface area contributed by atoms with E-state index in [1.54, 1.807) is 26.2 Å². The molecule has 0 spiro atoms. The molecule has 6 nitrogen and oxygen atoms in total. The van der Waals surface area contributed by atoms with E-state index in [1.165, 1.54) is 20.9 Å². The Balaban J connectivity index is 2.26. The summed E-state index contributed by atoms with van der Waals surface area (Å²) in [4.78, 5) is 34.5. The zero-order chi connectivity index (χ0) is 16.4. The Labute approximate surface area is 135 Å². The van der Waals surface area contributed by atoms with Gasteiger partial charge in [-0.05, 0) is 12.1 Å². The Morgan fingerprint density at radius 1 is 1.23 bits per heavy atom. The average molecular weight is 343 g/mol. The molecule has 2 rings (SSSR count). The van der Waals surface area contributed by atoms with E-state index >= 15 is 0 Å². The first-order valence-corrected chi connectivity index (χ1v) is 8.04. The Kier molecular flexibility index (Phi) is 4.97. The van der Waals surface area contributed by atoms with E-state index in [0.29, 0.717) is 22.3 Å². The smallest absolute Gasteiger partial charge is 0.328 e. The van der Waals surface area contributed by atoms with Crippen LogP contribution in [0.1, 0.15) is 16.8 Å². The number of aryl methyl sites for hydroxylation is 2. The van der Waals surface area contributed by atoms with Gasteiger partial charge in [-0.3, -0.25) is 18.7 Å². The lowest BCUT2D eigenvalue weighted by molar-refractivity contribution is -0.136. The molecule has 1 N–H and O–H groups in total. The minimum Gasteiger partial charge on any atom is -0.481 e. The van der Waals surface area contributed by atoms with Crippen LogP contribution in [0.3, 0.4) is 0 Å². The third kappa shape index (κ3) is 3.20. The van der Waals surface area contributed by atoms with Crippen molar-refractivity contribution in [3.63, 3.8) is 0 Å². The Morgan fingerprint density at radius 2 is 1.82 bits per heavy atom. The number of aromatic nitrogens is 2. The quantitative estimate of drug-likeness (QED) is 0.640. The fourth-order valence-electron chi connectivity index (χ4n) is 2.14. The van der Waals surface area contributed by atoms with Crippen LogP contribution in [0.25, 0.3) is 11.0 Å². The second-order valence-corrected chi connectivity index (χ2v) is 6.35. The van der Waals surface area contributed by atoms with Crippen molar-refractivity contribution in [3.05, 3.63) is 33.2 Å².